The van der Waals surface area contributed by atoms with Gasteiger partial charge in [-0.3, -0.25) is 4.79 Å². The fraction of sp³-hybridized carbons (Fsp3) is 0.300. The molecule has 0 unspecified atom stereocenters. The van der Waals surface area contributed by atoms with Crippen LogP contribution >= 0.6 is 15.9 Å². The Hall–Kier alpha value is -1.24. The molecule has 0 fully saturated rings. The summed E-state index contributed by atoms with van der Waals surface area (Å²) >= 11 is 3.14. The van der Waals surface area contributed by atoms with E-state index in [2.05, 4.69) is 26.0 Å². The van der Waals surface area contributed by atoms with Crippen LogP contribution in [-0.4, -0.2) is 24.1 Å². The molecule has 0 aliphatic carbocycles. The average Bonchev–Trinajstić information content (AvgIpc) is 2.24. The molecule has 0 aromatic heterocycles. The number of halogens is 4. The van der Waals surface area contributed by atoms with Crippen molar-refractivity contribution < 1.29 is 22.7 Å². The second-order valence-electron chi connectivity index (χ2n) is 3.02. The maximum absolute atomic E-state index is 11.9. The zero-order chi connectivity index (χ0) is 12.9. The Morgan fingerprint density at radius 1 is 1.29 bits per heavy atom. The summed E-state index contributed by atoms with van der Waals surface area (Å²) in [5, 5.41) is 3.17. The third kappa shape index (κ3) is 5.08. The van der Waals surface area contributed by atoms with Crippen LogP contribution < -0.4 is 10.1 Å². The highest BCUT2D eigenvalue weighted by Gasteiger charge is 2.30. The van der Waals surface area contributed by atoms with Gasteiger partial charge in [0.2, 0.25) is 0 Å². The fourth-order valence-corrected chi connectivity index (χ4v) is 1.27. The van der Waals surface area contributed by atoms with E-state index in [9.17, 15) is 18.0 Å². The number of hydrogen-bond donors (Lipinski definition) is 1. The van der Waals surface area contributed by atoms with Crippen molar-refractivity contribution in [1.82, 2.24) is 5.32 Å². The highest BCUT2D eigenvalue weighted by Crippen LogP contribution is 2.22. The molecule has 0 spiro atoms. The predicted molar refractivity (Wildman–Crippen MR) is 59.3 cm³/mol. The van der Waals surface area contributed by atoms with E-state index in [4.69, 9.17) is 0 Å². The molecule has 1 aromatic rings. The van der Waals surface area contributed by atoms with E-state index >= 15 is 0 Å². The van der Waals surface area contributed by atoms with Crippen LogP contribution in [0.1, 0.15) is 10.4 Å². The molecule has 0 aliphatic heterocycles. The highest BCUT2D eigenvalue weighted by molar-refractivity contribution is 9.09. The summed E-state index contributed by atoms with van der Waals surface area (Å²) in [6, 6.07) is 4.72. The monoisotopic (exact) mass is 311 g/mol. The number of carbonyl (C=O) groups is 1. The van der Waals surface area contributed by atoms with Crippen molar-refractivity contribution in [3.8, 4) is 5.75 Å². The molecule has 0 heterocycles. The molecule has 7 heteroatoms. The molecular weight excluding hydrogens is 303 g/mol. The molecule has 1 rings (SSSR count). The molecule has 94 valence electrons. The summed E-state index contributed by atoms with van der Waals surface area (Å²) in [6.07, 6.45) is -4.72. The Kier molecular flexibility index (Phi) is 4.80. The number of alkyl halides is 4. The number of benzene rings is 1. The first-order chi connectivity index (χ1) is 7.92. The molecule has 3 nitrogen and oxygen atoms in total. The second kappa shape index (κ2) is 5.90. The van der Waals surface area contributed by atoms with Crippen molar-refractivity contribution in [3.05, 3.63) is 29.8 Å². The van der Waals surface area contributed by atoms with Crippen molar-refractivity contribution >= 4 is 21.8 Å². The Labute approximate surface area is 104 Å². The summed E-state index contributed by atoms with van der Waals surface area (Å²) < 4.78 is 39.3. The number of hydrogen-bond acceptors (Lipinski definition) is 2. The third-order valence-corrected chi connectivity index (χ3v) is 2.13. The Morgan fingerprint density at radius 3 is 2.35 bits per heavy atom. The van der Waals surface area contributed by atoms with Crippen LogP contribution in [0.2, 0.25) is 0 Å². The van der Waals surface area contributed by atoms with Gasteiger partial charge in [-0.25, -0.2) is 0 Å². The number of rotatable bonds is 4. The van der Waals surface area contributed by atoms with Crippen molar-refractivity contribution in [3.63, 3.8) is 0 Å². The van der Waals surface area contributed by atoms with E-state index in [1.165, 1.54) is 12.1 Å². The first-order valence-electron chi connectivity index (χ1n) is 4.62. The van der Waals surface area contributed by atoms with Gasteiger partial charge in [0.15, 0.2) is 0 Å². The lowest BCUT2D eigenvalue weighted by molar-refractivity contribution is -0.274. The lowest BCUT2D eigenvalue weighted by Crippen LogP contribution is -2.25. The maximum atomic E-state index is 11.9. The number of amides is 1. The molecule has 0 atom stereocenters. The smallest absolute Gasteiger partial charge is 0.406 e. The maximum Gasteiger partial charge on any atom is 0.573 e. The summed E-state index contributed by atoms with van der Waals surface area (Å²) in [6.45, 7) is 0.444. The van der Waals surface area contributed by atoms with E-state index in [0.717, 1.165) is 12.1 Å². The molecule has 0 radical (unpaired) electrons. The average molecular weight is 312 g/mol. The SMILES string of the molecule is O=C(NCCBr)c1ccc(OC(F)(F)F)cc1. The normalized spacial score (nSPS) is 11.1. The van der Waals surface area contributed by atoms with Gasteiger partial charge in [0, 0.05) is 17.4 Å². The van der Waals surface area contributed by atoms with Crippen molar-refractivity contribution in [2.75, 3.05) is 11.9 Å². The third-order valence-electron chi connectivity index (χ3n) is 1.73. The lowest BCUT2D eigenvalue weighted by Gasteiger charge is -2.09. The van der Waals surface area contributed by atoms with Crippen LogP contribution in [0, 0.1) is 0 Å². The number of nitrogens with one attached hydrogen (secondary N) is 1. The molecule has 17 heavy (non-hydrogen) atoms. The molecule has 0 aliphatic rings. The van der Waals surface area contributed by atoms with Gasteiger partial charge in [0.1, 0.15) is 5.75 Å². The first-order valence-corrected chi connectivity index (χ1v) is 5.74. The quantitative estimate of drug-likeness (QED) is 0.868. The summed E-state index contributed by atoms with van der Waals surface area (Å²) in [5.41, 5.74) is 0.278. The van der Waals surface area contributed by atoms with Crippen molar-refractivity contribution in [2.24, 2.45) is 0 Å². The molecule has 0 saturated carbocycles. The van der Waals surface area contributed by atoms with Crippen LogP contribution in [0.4, 0.5) is 13.2 Å². The van der Waals surface area contributed by atoms with Crippen LogP contribution in [0.3, 0.4) is 0 Å². The predicted octanol–water partition coefficient (Wildman–Crippen LogP) is 2.71. The molecule has 0 saturated heterocycles. The molecule has 1 aromatic carbocycles. The summed E-state index contributed by atoms with van der Waals surface area (Å²) in [4.78, 5) is 11.4. The Morgan fingerprint density at radius 2 is 1.88 bits per heavy atom. The minimum absolute atomic E-state index is 0.278. The van der Waals surface area contributed by atoms with Crippen LogP contribution in [0.5, 0.6) is 5.75 Å². The minimum atomic E-state index is -4.72. The Bertz CT molecular complexity index is 378. The van der Waals surface area contributed by atoms with Crippen LogP contribution in [0.25, 0.3) is 0 Å². The van der Waals surface area contributed by atoms with Gasteiger partial charge in [0.25, 0.3) is 5.91 Å². The van der Waals surface area contributed by atoms with Gasteiger partial charge < -0.3 is 10.1 Å². The minimum Gasteiger partial charge on any atom is -0.406 e. The fourth-order valence-electron chi connectivity index (χ4n) is 1.07. The summed E-state index contributed by atoms with van der Waals surface area (Å²) in [7, 11) is 0. The largest absolute Gasteiger partial charge is 0.573 e. The van der Waals surface area contributed by atoms with E-state index in [1.54, 1.807) is 0 Å². The zero-order valence-electron chi connectivity index (χ0n) is 8.55. The molecule has 1 N–H and O–H groups in total. The molecule has 1 amide bonds. The van der Waals surface area contributed by atoms with E-state index < -0.39 is 6.36 Å². The van der Waals surface area contributed by atoms with Gasteiger partial charge in [0.05, 0.1) is 0 Å². The van der Waals surface area contributed by atoms with Crippen LogP contribution in [0.15, 0.2) is 24.3 Å². The standard InChI is InChI=1S/C10H9BrF3NO2/c11-5-6-15-9(16)7-1-3-8(4-2-7)17-10(12,13)14/h1-4H,5-6H2,(H,15,16). The number of ether oxygens (including phenoxy) is 1. The van der Waals surface area contributed by atoms with Gasteiger partial charge in [-0.2, -0.15) is 0 Å². The van der Waals surface area contributed by atoms with E-state index in [-0.39, 0.29) is 17.2 Å². The van der Waals surface area contributed by atoms with E-state index in [1.807, 2.05) is 0 Å². The van der Waals surface area contributed by atoms with E-state index in [0.29, 0.717) is 11.9 Å². The first kappa shape index (κ1) is 13.8. The second-order valence-corrected chi connectivity index (χ2v) is 3.81. The van der Waals surface area contributed by atoms with Crippen molar-refractivity contribution in [1.29, 1.82) is 0 Å². The van der Waals surface area contributed by atoms with Gasteiger partial charge in [-0.1, -0.05) is 15.9 Å². The lowest BCUT2D eigenvalue weighted by atomic mass is 10.2. The van der Waals surface area contributed by atoms with Gasteiger partial charge >= 0.3 is 6.36 Å². The van der Waals surface area contributed by atoms with Crippen molar-refractivity contribution in [2.45, 2.75) is 6.36 Å². The molecule has 0 bridgehead atoms. The van der Waals surface area contributed by atoms with Gasteiger partial charge in [-0.05, 0) is 24.3 Å². The Balaban J connectivity index is 2.64. The van der Waals surface area contributed by atoms with Crippen LogP contribution in [-0.2, 0) is 0 Å². The number of carbonyl (C=O) groups excluding carboxylic acids is 1. The summed E-state index contributed by atoms with van der Waals surface area (Å²) in [5.74, 6) is -0.697. The van der Waals surface area contributed by atoms with Gasteiger partial charge in [-0.15, -0.1) is 13.2 Å². The molecular formula is C10H9BrF3NO2. The zero-order valence-corrected chi connectivity index (χ0v) is 10.1. The highest BCUT2D eigenvalue weighted by atomic mass is 79.9. The topological polar surface area (TPSA) is 38.3 Å².